The number of nitro benzene ring substituents is 1. The Morgan fingerprint density at radius 3 is 2.73 bits per heavy atom. The van der Waals surface area contributed by atoms with Gasteiger partial charge in [0.05, 0.1) is 16.8 Å². The monoisotopic (exact) mass is 369 g/mol. The maximum atomic E-state index is 12.1. The van der Waals surface area contributed by atoms with Gasteiger partial charge < -0.3 is 0 Å². The highest BCUT2D eigenvalue weighted by molar-refractivity contribution is 6.33. The van der Waals surface area contributed by atoms with E-state index >= 15 is 0 Å². The normalized spacial score (nSPS) is 10.8. The maximum absolute atomic E-state index is 12.1. The summed E-state index contributed by atoms with van der Waals surface area (Å²) in [6, 6.07) is 14.9. The molecule has 0 aliphatic carbocycles. The number of halogens is 1. The van der Waals surface area contributed by atoms with Crippen LogP contribution in [0.2, 0.25) is 5.02 Å². The van der Waals surface area contributed by atoms with Gasteiger partial charge in [0.25, 0.3) is 11.6 Å². The molecule has 1 aromatic heterocycles. The molecule has 0 saturated heterocycles. The molecule has 0 bridgehead atoms. The number of hydrogen-bond donors (Lipinski definition) is 2. The molecule has 1 amide bonds. The summed E-state index contributed by atoms with van der Waals surface area (Å²) in [4.78, 5) is 22.4. The third-order valence-electron chi connectivity index (χ3n) is 3.45. The van der Waals surface area contributed by atoms with Crippen LogP contribution >= 0.6 is 11.6 Å². The Balaban J connectivity index is 1.70. The topological polar surface area (TPSA) is 113 Å². The molecule has 0 aliphatic heterocycles. The number of non-ortho nitro benzene ring substituents is 1. The SMILES string of the molecule is O=C(N/N=C/c1cc([N+](=O)[O-])ccc1Cl)c1cc(-c2ccccc2)n[nH]1. The van der Waals surface area contributed by atoms with Crippen molar-refractivity contribution in [2.45, 2.75) is 0 Å². The number of carbonyl (C=O) groups excluding carboxylic acids is 1. The van der Waals surface area contributed by atoms with Gasteiger partial charge in [-0.25, -0.2) is 5.43 Å². The summed E-state index contributed by atoms with van der Waals surface area (Å²) in [5, 5.41) is 21.6. The minimum absolute atomic E-state index is 0.122. The number of hydrogen-bond acceptors (Lipinski definition) is 5. The lowest BCUT2D eigenvalue weighted by Crippen LogP contribution is -2.18. The van der Waals surface area contributed by atoms with Gasteiger partial charge in [-0.15, -0.1) is 0 Å². The summed E-state index contributed by atoms with van der Waals surface area (Å²) in [7, 11) is 0. The lowest BCUT2D eigenvalue weighted by molar-refractivity contribution is -0.384. The van der Waals surface area contributed by atoms with Gasteiger partial charge in [0.1, 0.15) is 5.69 Å². The third-order valence-corrected chi connectivity index (χ3v) is 3.80. The molecule has 3 aromatic rings. The fourth-order valence-electron chi connectivity index (χ4n) is 2.16. The lowest BCUT2D eigenvalue weighted by atomic mass is 10.1. The predicted octanol–water partition coefficient (Wildman–Crippen LogP) is 3.40. The van der Waals surface area contributed by atoms with Crippen LogP contribution < -0.4 is 5.43 Å². The fourth-order valence-corrected chi connectivity index (χ4v) is 2.33. The fraction of sp³-hybridized carbons (Fsp3) is 0. The Hall–Kier alpha value is -3.52. The first-order chi connectivity index (χ1) is 12.5. The minimum Gasteiger partial charge on any atom is -0.272 e. The van der Waals surface area contributed by atoms with Gasteiger partial charge in [-0.3, -0.25) is 20.0 Å². The molecular formula is C17H12ClN5O3. The largest absolute Gasteiger partial charge is 0.289 e. The van der Waals surface area contributed by atoms with Crippen LogP contribution in [0.25, 0.3) is 11.3 Å². The van der Waals surface area contributed by atoms with Crippen LogP contribution in [0.5, 0.6) is 0 Å². The van der Waals surface area contributed by atoms with E-state index in [2.05, 4.69) is 20.7 Å². The van der Waals surface area contributed by atoms with E-state index in [9.17, 15) is 14.9 Å². The predicted molar refractivity (Wildman–Crippen MR) is 97.2 cm³/mol. The number of H-pyrrole nitrogens is 1. The molecule has 0 saturated carbocycles. The van der Waals surface area contributed by atoms with Gasteiger partial charge in [0.2, 0.25) is 0 Å². The lowest BCUT2D eigenvalue weighted by Gasteiger charge is -1.99. The van der Waals surface area contributed by atoms with Crippen LogP contribution in [0, 0.1) is 10.1 Å². The number of nitrogens with one attached hydrogen (secondary N) is 2. The zero-order valence-corrected chi connectivity index (χ0v) is 14.0. The van der Waals surface area contributed by atoms with E-state index in [1.807, 2.05) is 30.3 Å². The number of nitrogens with zero attached hydrogens (tertiary/aromatic N) is 3. The summed E-state index contributed by atoms with van der Waals surface area (Å²) in [5.74, 6) is -0.502. The third kappa shape index (κ3) is 3.93. The quantitative estimate of drug-likeness (QED) is 0.407. The standard InChI is InChI=1S/C17H12ClN5O3/c18-14-7-6-13(23(25)26)8-12(14)10-19-22-17(24)16-9-15(20-21-16)11-4-2-1-3-5-11/h1-10H,(H,20,21)(H,22,24)/b19-10+. The van der Waals surface area contributed by atoms with Crippen molar-refractivity contribution >= 4 is 29.4 Å². The number of aromatic nitrogens is 2. The first-order valence-electron chi connectivity index (χ1n) is 7.43. The summed E-state index contributed by atoms with van der Waals surface area (Å²) in [6.07, 6.45) is 1.24. The van der Waals surface area contributed by atoms with Gasteiger partial charge in [-0.05, 0) is 12.1 Å². The minimum atomic E-state index is -0.540. The van der Waals surface area contributed by atoms with Gasteiger partial charge in [-0.1, -0.05) is 41.9 Å². The van der Waals surface area contributed by atoms with E-state index < -0.39 is 10.8 Å². The van der Waals surface area contributed by atoms with Crippen molar-refractivity contribution in [3.63, 3.8) is 0 Å². The highest BCUT2D eigenvalue weighted by Crippen LogP contribution is 2.20. The number of rotatable bonds is 5. The van der Waals surface area contributed by atoms with Crippen molar-refractivity contribution < 1.29 is 9.72 Å². The van der Waals surface area contributed by atoms with Gasteiger partial charge in [-0.2, -0.15) is 10.2 Å². The second kappa shape index (κ2) is 7.58. The number of hydrazone groups is 1. The molecule has 1 heterocycles. The molecule has 0 fully saturated rings. The second-order valence-corrected chi connectivity index (χ2v) is 5.60. The van der Waals surface area contributed by atoms with Crippen LogP contribution in [0.3, 0.4) is 0 Å². The molecule has 3 rings (SSSR count). The zero-order chi connectivity index (χ0) is 18.5. The summed E-state index contributed by atoms with van der Waals surface area (Å²) in [6.45, 7) is 0. The van der Waals surface area contributed by atoms with Gasteiger partial charge in [0.15, 0.2) is 0 Å². The number of nitro groups is 1. The van der Waals surface area contributed by atoms with Crippen molar-refractivity contribution in [3.8, 4) is 11.3 Å². The molecule has 130 valence electrons. The molecule has 26 heavy (non-hydrogen) atoms. The molecule has 0 aliphatic rings. The van der Waals surface area contributed by atoms with Crippen LogP contribution in [0.4, 0.5) is 5.69 Å². The molecule has 9 heteroatoms. The molecule has 0 unspecified atom stereocenters. The van der Waals surface area contributed by atoms with Crippen molar-refractivity contribution in [1.82, 2.24) is 15.6 Å². The first kappa shape index (κ1) is 17.3. The van der Waals surface area contributed by atoms with E-state index in [1.54, 1.807) is 6.07 Å². The smallest absolute Gasteiger partial charge is 0.272 e. The zero-order valence-electron chi connectivity index (χ0n) is 13.2. The van der Waals surface area contributed by atoms with Crippen LogP contribution in [-0.2, 0) is 0 Å². The van der Waals surface area contributed by atoms with E-state index in [0.717, 1.165) is 5.56 Å². The number of aromatic amines is 1. The van der Waals surface area contributed by atoms with Gasteiger partial charge in [0, 0.05) is 28.3 Å². The molecule has 0 radical (unpaired) electrons. The van der Waals surface area contributed by atoms with Crippen LogP contribution in [-0.4, -0.2) is 27.2 Å². The van der Waals surface area contributed by atoms with Crippen molar-refractivity contribution in [2.75, 3.05) is 0 Å². The van der Waals surface area contributed by atoms with E-state index in [0.29, 0.717) is 11.3 Å². The van der Waals surface area contributed by atoms with Crippen LogP contribution in [0.15, 0.2) is 59.7 Å². The Morgan fingerprint density at radius 1 is 1.23 bits per heavy atom. The van der Waals surface area contributed by atoms with E-state index in [-0.39, 0.29) is 16.4 Å². The molecule has 0 atom stereocenters. The number of amides is 1. The summed E-state index contributed by atoms with van der Waals surface area (Å²) in [5.41, 5.74) is 4.24. The molecule has 0 spiro atoms. The van der Waals surface area contributed by atoms with Crippen LogP contribution in [0.1, 0.15) is 16.1 Å². The maximum Gasteiger partial charge on any atom is 0.289 e. The van der Waals surface area contributed by atoms with Crippen molar-refractivity contribution in [2.24, 2.45) is 5.10 Å². The average molecular weight is 370 g/mol. The summed E-state index contributed by atoms with van der Waals surface area (Å²) >= 11 is 5.96. The number of benzene rings is 2. The Kier molecular flexibility index (Phi) is 5.04. The Bertz CT molecular complexity index is 985. The highest BCUT2D eigenvalue weighted by Gasteiger charge is 2.11. The molecule has 2 aromatic carbocycles. The molecular weight excluding hydrogens is 358 g/mol. The Morgan fingerprint density at radius 2 is 2.00 bits per heavy atom. The first-order valence-corrected chi connectivity index (χ1v) is 7.80. The molecule has 8 nitrogen and oxygen atoms in total. The van der Waals surface area contributed by atoms with Gasteiger partial charge >= 0.3 is 0 Å². The van der Waals surface area contributed by atoms with E-state index in [1.165, 1.54) is 24.4 Å². The summed E-state index contributed by atoms with van der Waals surface area (Å²) < 4.78 is 0. The Labute approximate surface area is 152 Å². The molecule has 2 N–H and O–H groups in total. The number of carbonyl (C=O) groups is 1. The van der Waals surface area contributed by atoms with Crippen molar-refractivity contribution in [3.05, 3.63) is 81.0 Å². The average Bonchev–Trinajstić information content (AvgIpc) is 3.14. The van der Waals surface area contributed by atoms with E-state index in [4.69, 9.17) is 11.6 Å². The highest BCUT2D eigenvalue weighted by atomic mass is 35.5. The second-order valence-electron chi connectivity index (χ2n) is 5.19. The van der Waals surface area contributed by atoms with Crippen molar-refractivity contribution in [1.29, 1.82) is 0 Å².